The van der Waals surface area contributed by atoms with Crippen LogP contribution in [0.25, 0.3) is 0 Å². The van der Waals surface area contributed by atoms with Gasteiger partial charge in [-0.2, -0.15) is 0 Å². The van der Waals surface area contributed by atoms with Gasteiger partial charge in [0, 0.05) is 0 Å². The first-order valence-electron chi connectivity index (χ1n) is 5.74. The molecule has 90 valence electrons. The lowest BCUT2D eigenvalue weighted by molar-refractivity contribution is -0.142. The van der Waals surface area contributed by atoms with Crippen LogP contribution in [0.2, 0.25) is 0 Å². The van der Waals surface area contributed by atoms with Crippen LogP contribution >= 0.6 is 0 Å². The summed E-state index contributed by atoms with van der Waals surface area (Å²) in [4.78, 5) is 22.7. The molecule has 0 bridgehead atoms. The molecule has 0 radical (unpaired) electrons. The lowest BCUT2D eigenvalue weighted by Gasteiger charge is -2.29. The molecule has 17 heavy (non-hydrogen) atoms. The minimum absolute atomic E-state index is 0.181. The second kappa shape index (κ2) is 4.57. The van der Waals surface area contributed by atoms with E-state index in [2.05, 4.69) is 5.32 Å². The molecule has 1 aliphatic carbocycles. The lowest BCUT2D eigenvalue weighted by atomic mass is 9.77. The van der Waals surface area contributed by atoms with Crippen molar-refractivity contribution >= 4 is 11.9 Å². The fourth-order valence-corrected chi connectivity index (χ4v) is 2.10. The number of benzene rings is 1. The Balaban J connectivity index is 2.02. The van der Waals surface area contributed by atoms with E-state index >= 15 is 0 Å². The Labute approximate surface area is 99.6 Å². The number of aliphatic carboxylic acids is 1. The van der Waals surface area contributed by atoms with E-state index in [9.17, 15) is 9.59 Å². The van der Waals surface area contributed by atoms with Crippen LogP contribution in [0.5, 0.6) is 0 Å². The average Bonchev–Trinajstić information content (AvgIpc) is 2.27. The molecule has 1 aliphatic rings. The molecule has 2 atom stereocenters. The number of hydrogen-bond acceptors (Lipinski definition) is 2. The molecule has 4 nitrogen and oxygen atoms in total. The van der Waals surface area contributed by atoms with E-state index in [-0.39, 0.29) is 11.8 Å². The molecule has 0 saturated carbocycles. The Morgan fingerprint density at radius 3 is 2.76 bits per heavy atom. The number of carbonyl (C=O) groups is 2. The average molecular weight is 233 g/mol. The number of amides is 1. The summed E-state index contributed by atoms with van der Waals surface area (Å²) in [5.74, 6) is -1.34. The Hall–Kier alpha value is -1.84. The maximum Gasteiger partial charge on any atom is 0.326 e. The van der Waals surface area contributed by atoms with Crippen molar-refractivity contribution < 1.29 is 14.7 Å². The van der Waals surface area contributed by atoms with Gasteiger partial charge in [-0.15, -0.1) is 0 Å². The predicted octanol–water partition coefficient (Wildman–Crippen LogP) is 1.31. The number of nitrogens with one attached hydrogen (secondary N) is 1. The molecule has 1 aromatic rings. The highest BCUT2D eigenvalue weighted by Crippen LogP contribution is 2.34. The van der Waals surface area contributed by atoms with Crippen LogP contribution in [0.3, 0.4) is 0 Å². The molecule has 0 spiro atoms. The van der Waals surface area contributed by atoms with Gasteiger partial charge in [0.1, 0.15) is 6.04 Å². The summed E-state index contributed by atoms with van der Waals surface area (Å²) in [7, 11) is 0. The molecule has 0 aliphatic heterocycles. The number of carboxylic acids is 1. The van der Waals surface area contributed by atoms with Gasteiger partial charge in [-0.3, -0.25) is 4.79 Å². The third kappa shape index (κ3) is 2.16. The molecule has 4 heteroatoms. The molecule has 1 amide bonds. The summed E-state index contributed by atoms with van der Waals surface area (Å²) in [6, 6.07) is 6.97. The van der Waals surface area contributed by atoms with Crippen molar-refractivity contribution in [2.24, 2.45) is 0 Å². The maximum atomic E-state index is 11.9. The van der Waals surface area contributed by atoms with Crippen LogP contribution in [-0.2, 0) is 16.0 Å². The molecule has 1 aromatic carbocycles. The Kier molecular flexibility index (Phi) is 3.13. The van der Waals surface area contributed by atoms with Gasteiger partial charge in [-0.1, -0.05) is 31.2 Å². The van der Waals surface area contributed by atoms with Crippen molar-refractivity contribution in [2.75, 3.05) is 0 Å². The van der Waals surface area contributed by atoms with Crippen LogP contribution in [0, 0.1) is 0 Å². The minimum Gasteiger partial charge on any atom is -0.480 e. The van der Waals surface area contributed by atoms with Gasteiger partial charge in [0.25, 0.3) is 0 Å². The molecular weight excluding hydrogens is 218 g/mol. The predicted molar refractivity (Wildman–Crippen MR) is 62.7 cm³/mol. The summed E-state index contributed by atoms with van der Waals surface area (Å²) in [6.07, 6.45) is 1.10. The quantitative estimate of drug-likeness (QED) is 0.823. The van der Waals surface area contributed by atoms with Gasteiger partial charge in [0.15, 0.2) is 0 Å². The van der Waals surface area contributed by atoms with Crippen LogP contribution in [0.4, 0.5) is 0 Å². The van der Waals surface area contributed by atoms with E-state index in [4.69, 9.17) is 5.11 Å². The van der Waals surface area contributed by atoms with Gasteiger partial charge in [0.2, 0.25) is 5.91 Å². The first-order valence-corrected chi connectivity index (χ1v) is 5.74. The molecule has 2 N–H and O–H groups in total. The van der Waals surface area contributed by atoms with Crippen LogP contribution < -0.4 is 5.32 Å². The highest BCUT2D eigenvalue weighted by Gasteiger charge is 2.33. The molecule has 1 unspecified atom stereocenters. The normalized spacial score (nSPS) is 18.8. The minimum atomic E-state index is -0.978. The Bertz CT molecular complexity index is 456. The summed E-state index contributed by atoms with van der Waals surface area (Å²) in [6.45, 7) is 1.74. The van der Waals surface area contributed by atoms with Crippen LogP contribution in [-0.4, -0.2) is 23.0 Å². The lowest BCUT2D eigenvalue weighted by Crippen LogP contribution is -2.44. The number of rotatable bonds is 4. The van der Waals surface area contributed by atoms with E-state index in [0.29, 0.717) is 12.8 Å². The van der Waals surface area contributed by atoms with Crippen molar-refractivity contribution in [3.63, 3.8) is 0 Å². The van der Waals surface area contributed by atoms with Gasteiger partial charge in [0.05, 0.1) is 5.92 Å². The van der Waals surface area contributed by atoms with E-state index in [0.717, 1.165) is 5.56 Å². The number of hydrogen-bond donors (Lipinski definition) is 2. The van der Waals surface area contributed by atoms with Gasteiger partial charge >= 0.3 is 5.97 Å². The fourth-order valence-electron chi connectivity index (χ4n) is 2.10. The molecule has 2 rings (SSSR count). The molecule has 0 fully saturated rings. The first kappa shape index (κ1) is 11.6. The second-order valence-corrected chi connectivity index (χ2v) is 4.26. The fraction of sp³-hybridized carbons (Fsp3) is 0.385. The standard InChI is InChI=1S/C13H15NO3/c1-2-11(13(16)17)14-12(15)10-7-8-5-3-4-6-9(8)10/h3-6,10-11H,2,7H2,1H3,(H,14,15)(H,16,17)/t10?,11-/m1/s1. The zero-order chi connectivity index (χ0) is 12.4. The number of carboxylic acid groups (broad SMARTS) is 1. The van der Waals surface area contributed by atoms with E-state index in [1.165, 1.54) is 5.56 Å². The molecular formula is C13H15NO3. The van der Waals surface area contributed by atoms with Crippen LogP contribution in [0.15, 0.2) is 24.3 Å². The topological polar surface area (TPSA) is 66.4 Å². The highest BCUT2D eigenvalue weighted by atomic mass is 16.4. The zero-order valence-electron chi connectivity index (χ0n) is 9.64. The van der Waals surface area contributed by atoms with Crippen molar-refractivity contribution in [1.82, 2.24) is 5.32 Å². The summed E-state index contributed by atoms with van der Waals surface area (Å²) in [5.41, 5.74) is 2.20. The molecule has 0 aromatic heterocycles. The SMILES string of the molecule is CC[C@@H](NC(=O)C1Cc2ccccc21)C(=O)O. The Morgan fingerprint density at radius 2 is 2.18 bits per heavy atom. The number of fused-ring (bicyclic) bond motifs is 1. The monoisotopic (exact) mass is 233 g/mol. The van der Waals surface area contributed by atoms with Gasteiger partial charge < -0.3 is 10.4 Å². The number of carbonyl (C=O) groups excluding carboxylic acids is 1. The van der Waals surface area contributed by atoms with Crippen molar-refractivity contribution in [1.29, 1.82) is 0 Å². The van der Waals surface area contributed by atoms with E-state index in [1.54, 1.807) is 6.92 Å². The third-order valence-corrected chi connectivity index (χ3v) is 3.19. The highest BCUT2D eigenvalue weighted by molar-refractivity contribution is 5.90. The summed E-state index contributed by atoms with van der Waals surface area (Å²) < 4.78 is 0. The third-order valence-electron chi connectivity index (χ3n) is 3.19. The van der Waals surface area contributed by atoms with Crippen molar-refractivity contribution in [3.05, 3.63) is 35.4 Å². The largest absolute Gasteiger partial charge is 0.480 e. The van der Waals surface area contributed by atoms with Crippen molar-refractivity contribution in [2.45, 2.75) is 31.7 Å². The smallest absolute Gasteiger partial charge is 0.326 e. The Morgan fingerprint density at radius 1 is 1.47 bits per heavy atom. The molecule has 0 heterocycles. The summed E-state index contributed by atoms with van der Waals surface area (Å²) in [5, 5.41) is 11.4. The van der Waals surface area contributed by atoms with E-state index < -0.39 is 12.0 Å². The first-order chi connectivity index (χ1) is 8.13. The second-order valence-electron chi connectivity index (χ2n) is 4.26. The van der Waals surface area contributed by atoms with Crippen LogP contribution in [0.1, 0.15) is 30.4 Å². The van der Waals surface area contributed by atoms with E-state index in [1.807, 2.05) is 24.3 Å². The zero-order valence-corrected chi connectivity index (χ0v) is 9.64. The van der Waals surface area contributed by atoms with Gasteiger partial charge in [-0.25, -0.2) is 4.79 Å². The molecule has 0 saturated heterocycles. The maximum absolute atomic E-state index is 11.9. The van der Waals surface area contributed by atoms with Gasteiger partial charge in [-0.05, 0) is 24.0 Å². The van der Waals surface area contributed by atoms with Crippen molar-refractivity contribution in [3.8, 4) is 0 Å². The summed E-state index contributed by atoms with van der Waals surface area (Å²) >= 11 is 0.